The van der Waals surface area contributed by atoms with Crippen LogP contribution in [-0.2, 0) is 6.42 Å². The van der Waals surface area contributed by atoms with Gasteiger partial charge in [0.1, 0.15) is 0 Å². The maximum Gasteiger partial charge on any atom is 0.0345 e. The first-order chi connectivity index (χ1) is 9.69. The summed E-state index contributed by atoms with van der Waals surface area (Å²) in [5.74, 6) is 0. The van der Waals surface area contributed by atoms with Crippen molar-refractivity contribution >= 4 is 21.4 Å². The molecule has 0 aliphatic heterocycles. The largest absolute Gasteiger partial charge is 0.314 e. The summed E-state index contributed by atoms with van der Waals surface area (Å²) in [4.78, 5) is 0. The van der Waals surface area contributed by atoms with Gasteiger partial charge in [0.15, 0.2) is 0 Å². The molecule has 20 heavy (non-hydrogen) atoms. The first-order valence-electron chi connectivity index (χ1n) is 7.87. The molecule has 0 spiro atoms. The van der Waals surface area contributed by atoms with E-state index in [4.69, 9.17) is 0 Å². The lowest BCUT2D eigenvalue weighted by atomic mass is 9.79. The monoisotopic (exact) mass is 287 g/mol. The van der Waals surface area contributed by atoms with E-state index in [0.29, 0.717) is 11.5 Å². The summed E-state index contributed by atoms with van der Waals surface area (Å²) >= 11 is 1.90. The molecule has 0 unspecified atom stereocenters. The molecule has 1 N–H and O–H groups in total. The van der Waals surface area contributed by atoms with Crippen molar-refractivity contribution in [2.45, 2.75) is 52.0 Å². The predicted octanol–water partition coefficient (Wildman–Crippen LogP) is 5.00. The number of hydrogen-bond acceptors (Lipinski definition) is 2. The molecule has 0 saturated heterocycles. The van der Waals surface area contributed by atoms with E-state index in [1.165, 1.54) is 48.7 Å². The number of nitrogens with one attached hydrogen (secondary N) is 1. The Labute approximate surface area is 126 Å². The molecule has 0 amide bonds. The highest BCUT2D eigenvalue weighted by Crippen LogP contribution is 2.42. The van der Waals surface area contributed by atoms with E-state index >= 15 is 0 Å². The zero-order valence-corrected chi connectivity index (χ0v) is 13.4. The summed E-state index contributed by atoms with van der Waals surface area (Å²) in [6.45, 7) is 5.68. The van der Waals surface area contributed by atoms with Crippen LogP contribution in [0.2, 0.25) is 0 Å². The second kappa shape index (κ2) is 5.87. The zero-order chi connectivity index (χ0) is 14.0. The van der Waals surface area contributed by atoms with E-state index in [9.17, 15) is 0 Å². The van der Waals surface area contributed by atoms with E-state index in [1.54, 1.807) is 5.56 Å². The number of benzene rings is 1. The van der Waals surface area contributed by atoms with E-state index < -0.39 is 0 Å². The van der Waals surface area contributed by atoms with Crippen molar-refractivity contribution in [3.8, 4) is 0 Å². The van der Waals surface area contributed by atoms with Crippen LogP contribution in [0.5, 0.6) is 0 Å². The number of rotatable bonds is 5. The van der Waals surface area contributed by atoms with Gasteiger partial charge in [0, 0.05) is 17.3 Å². The molecule has 1 aromatic carbocycles. The Morgan fingerprint density at radius 2 is 1.95 bits per heavy atom. The van der Waals surface area contributed by atoms with E-state index in [0.717, 1.165) is 0 Å². The first-order valence-corrected chi connectivity index (χ1v) is 8.75. The third kappa shape index (κ3) is 2.91. The molecule has 0 atom stereocenters. The fraction of sp³-hybridized carbons (Fsp3) is 0.556. The fourth-order valence-corrected chi connectivity index (χ4v) is 4.50. The highest BCUT2D eigenvalue weighted by molar-refractivity contribution is 7.17. The standard InChI is InChI=1S/C18H25NS/c1-14(2)19-13-18(9-5-6-10-18)11-15-12-20-17-8-4-3-7-16(15)17/h3-4,7-8,12,14,19H,5-6,9-11,13H2,1-2H3. The number of fused-ring (bicyclic) bond motifs is 1. The lowest BCUT2D eigenvalue weighted by molar-refractivity contribution is 0.270. The summed E-state index contributed by atoms with van der Waals surface area (Å²) in [6, 6.07) is 9.45. The molecule has 1 heterocycles. The summed E-state index contributed by atoms with van der Waals surface area (Å²) in [7, 11) is 0. The quantitative estimate of drug-likeness (QED) is 0.816. The molecule has 1 aliphatic carbocycles. The van der Waals surface area contributed by atoms with Crippen molar-refractivity contribution in [3.05, 3.63) is 35.2 Å². The normalized spacial score (nSPS) is 18.1. The Kier molecular flexibility index (Phi) is 4.13. The van der Waals surface area contributed by atoms with Gasteiger partial charge in [0.05, 0.1) is 0 Å². The Bertz CT molecular complexity index is 564. The first kappa shape index (κ1) is 14.1. The van der Waals surface area contributed by atoms with Crippen LogP contribution in [0.4, 0.5) is 0 Å². The van der Waals surface area contributed by atoms with Crippen LogP contribution in [0.25, 0.3) is 10.1 Å². The van der Waals surface area contributed by atoms with Gasteiger partial charge >= 0.3 is 0 Å². The van der Waals surface area contributed by atoms with Crippen LogP contribution in [0.15, 0.2) is 29.6 Å². The maximum atomic E-state index is 3.69. The van der Waals surface area contributed by atoms with Crippen molar-refractivity contribution in [1.29, 1.82) is 0 Å². The molecule has 3 rings (SSSR count). The van der Waals surface area contributed by atoms with Gasteiger partial charge in [-0.05, 0) is 47.1 Å². The van der Waals surface area contributed by atoms with Crippen molar-refractivity contribution < 1.29 is 0 Å². The molecule has 1 aromatic heterocycles. The third-order valence-corrected chi connectivity index (χ3v) is 5.69. The molecule has 2 aromatic rings. The number of thiophene rings is 1. The summed E-state index contributed by atoms with van der Waals surface area (Å²) in [6.07, 6.45) is 6.83. The maximum absolute atomic E-state index is 3.69. The van der Waals surface area contributed by atoms with Gasteiger partial charge in [-0.1, -0.05) is 44.9 Å². The van der Waals surface area contributed by atoms with Crippen LogP contribution in [0.1, 0.15) is 45.1 Å². The van der Waals surface area contributed by atoms with Gasteiger partial charge in [-0.3, -0.25) is 0 Å². The molecule has 2 heteroatoms. The molecule has 0 radical (unpaired) electrons. The SMILES string of the molecule is CC(C)NCC1(Cc2csc3ccccc23)CCCC1. The number of hydrogen-bond donors (Lipinski definition) is 1. The highest BCUT2D eigenvalue weighted by atomic mass is 32.1. The van der Waals surface area contributed by atoms with Crippen LogP contribution < -0.4 is 5.32 Å². The minimum atomic E-state index is 0.494. The van der Waals surface area contributed by atoms with Crippen molar-refractivity contribution in [2.75, 3.05) is 6.54 Å². The molecule has 1 saturated carbocycles. The smallest absolute Gasteiger partial charge is 0.0345 e. The average Bonchev–Trinajstić information content (AvgIpc) is 3.06. The Hall–Kier alpha value is -0.860. The molecule has 0 bridgehead atoms. The fourth-order valence-electron chi connectivity index (χ4n) is 3.54. The zero-order valence-electron chi connectivity index (χ0n) is 12.6. The van der Waals surface area contributed by atoms with Crippen molar-refractivity contribution in [3.63, 3.8) is 0 Å². The second-order valence-electron chi connectivity index (χ2n) is 6.68. The van der Waals surface area contributed by atoms with Crippen LogP contribution in [0.3, 0.4) is 0 Å². The summed E-state index contributed by atoms with van der Waals surface area (Å²) < 4.78 is 1.44. The van der Waals surface area contributed by atoms with E-state index in [1.807, 2.05) is 11.3 Å². The van der Waals surface area contributed by atoms with Gasteiger partial charge in [-0.15, -0.1) is 11.3 Å². The van der Waals surface area contributed by atoms with Gasteiger partial charge in [-0.25, -0.2) is 0 Å². The third-order valence-electron chi connectivity index (χ3n) is 4.68. The molecule has 1 aliphatic rings. The van der Waals surface area contributed by atoms with Gasteiger partial charge in [0.2, 0.25) is 0 Å². The van der Waals surface area contributed by atoms with Gasteiger partial charge in [0.25, 0.3) is 0 Å². The minimum Gasteiger partial charge on any atom is -0.314 e. The molecule has 1 fully saturated rings. The Morgan fingerprint density at radius 1 is 1.20 bits per heavy atom. The minimum absolute atomic E-state index is 0.494. The van der Waals surface area contributed by atoms with Crippen LogP contribution in [0, 0.1) is 5.41 Å². The van der Waals surface area contributed by atoms with Gasteiger partial charge in [-0.2, -0.15) is 0 Å². The average molecular weight is 287 g/mol. The van der Waals surface area contributed by atoms with E-state index in [2.05, 4.69) is 48.8 Å². The topological polar surface area (TPSA) is 12.0 Å². The van der Waals surface area contributed by atoms with Gasteiger partial charge < -0.3 is 5.32 Å². The Balaban J connectivity index is 1.82. The second-order valence-corrected chi connectivity index (χ2v) is 7.59. The molecule has 1 nitrogen and oxygen atoms in total. The summed E-state index contributed by atoms with van der Waals surface area (Å²) in [5.41, 5.74) is 2.06. The van der Waals surface area contributed by atoms with Crippen LogP contribution in [-0.4, -0.2) is 12.6 Å². The van der Waals surface area contributed by atoms with Crippen molar-refractivity contribution in [2.24, 2.45) is 5.41 Å². The molecular formula is C18H25NS. The van der Waals surface area contributed by atoms with Crippen molar-refractivity contribution in [1.82, 2.24) is 5.32 Å². The lowest BCUT2D eigenvalue weighted by Crippen LogP contribution is -2.37. The summed E-state index contributed by atoms with van der Waals surface area (Å²) in [5, 5.41) is 7.56. The molecular weight excluding hydrogens is 262 g/mol. The van der Waals surface area contributed by atoms with E-state index in [-0.39, 0.29) is 0 Å². The Morgan fingerprint density at radius 3 is 2.70 bits per heavy atom. The molecule has 108 valence electrons. The van der Waals surface area contributed by atoms with Crippen LogP contribution >= 0.6 is 11.3 Å². The highest BCUT2D eigenvalue weighted by Gasteiger charge is 2.34. The lowest BCUT2D eigenvalue weighted by Gasteiger charge is -2.30. The predicted molar refractivity (Wildman–Crippen MR) is 89.6 cm³/mol.